The van der Waals surface area contributed by atoms with Crippen molar-refractivity contribution < 1.29 is 14.3 Å². The summed E-state index contributed by atoms with van der Waals surface area (Å²) in [5.74, 6) is -0.828. The highest BCUT2D eigenvalue weighted by molar-refractivity contribution is 5.97. The van der Waals surface area contributed by atoms with Gasteiger partial charge in [-0.2, -0.15) is 0 Å². The molecule has 138 valence electrons. The predicted molar refractivity (Wildman–Crippen MR) is 104 cm³/mol. The third-order valence-electron chi connectivity index (χ3n) is 4.38. The number of amides is 1. The number of esters is 1. The average Bonchev–Trinajstić information content (AvgIpc) is 2.63. The Morgan fingerprint density at radius 1 is 1.04 bits per heavy atom. The quantitative estimate of drug-likeness (QED) is 0.734. The van der Waals surface area contributed by atoms with Crippen molar-refractivity contribution in [1.82, 2.24) is 5.32 Å². The molecule has 0 aliphatic carbocycles. The zero-order valence-corrected chi connectivity index (χ0v) is 15.8. The van der Waals surface area contributed by atoms with Crippen LogP contribution in [0.25, 0.3) is 0 Å². The lowest BCUT2D eigenvalue weighted by Crippen LogP contribution is -2.35. The van der Waals surface area contributed by atoms with Crippen LogP contribution in [0.4, 0.5) is 11.4 Å². The third kappa shape index (κ3) is 5.09. The van der Waals surface area contributed by atoms with Crippen molar-refractivity contribution in [1.29, 1.82) is 0 Å². The second-order valence-corrected chi connectivity index (χ2v) is 6.37. The largest absolute Gasteiger partial charge is 0.452 e. The van der Waals surface area contributed by atoms with Crippen LogP contribution in [0.15, 0.2) is 42.5 Å². The molecule has 2 N–H and O–H groups in total. The van der Waals surface area contributed by atoms with Gasteiger partial charge in [-0.25, -0.2) is 4.79 Å². The summed E-state index contributed by atoms with van der Waals surface area (Å²) in [6.45, 7) is 7.66. The maximum atomic E-state index is 12.4. The summed E-state index contributed by atoms with van der Waals surface area (Å²) in [4.78, 5) is 24.2. The van der Waals surface area contributed by atoms with Gasteiger partial charge in [-0.3, -0.25) is 4.79 Å². The molecule has 5 nitrogen and oxygen atoms in total. The number of aryl methyl sites for hydroxylation is 1. The molecule has 2 aromatic carbocycles. The van der Waals surface area contributed by atoms with Crippen LogP contribution < -0.4 is 10.6 Å². The van der Waals surface area contributed by atoms with Crippen molar-refractivity contribution in [2.75, 3.05) is 11.9 Å². The normalized spacial score (nSPS) is 11.5. The molecule has 0 heterocycles. The summed E-state index contributed by atoms with van der Waals surface area (Å²) in [6, 6.07) is 13.1. The average molecular weight is 354 g/mol. The van der Waals surface area contributed by atoms with Gasteiger partial charge in [0.2, 0.25) is 0 Å². The minimum atomic E-state index is -0.530. The van der Waals surface area contributed by atoms with Crippen LogP contribution in [-0.4, -0.2) is 24.5 Å². The molecule has 0 aliphatic rings. The van der Waals surface area contributed by atoms with Gasteiger partial charge in [0.15, 0.2) is 6.61 Å². The number of anilines is 2. The molecule has 0 saturated heterocycles. The van der Waals surface area contributed by atoms with Crippen LogP contribution in [0.1, 0.15) is 41.8 Å². The third-order valence-corrected chi connectivity index (χ3v) is 4.38. The van der Waals surface area contributed by atoms with E-state index in [9.17, 15) is 9.59 Å². The van der Waals surface area contributed by atoms with Crippen molar-refractivity contribution in [3.63, 3.8) is 0 Å². The van der Waals surface area contributed by atoms with Gasteiger partial charge < -0.3 is 15.4 Å². The van der Waals surface area contributed by atoms with E-state index >= 15 is 0 Å². The van der Waals surface area contributed by atoms with Crippen LogP contribution in [0.5, 0.6) is 0 Å². The zero-order chi connectivity index (χ0) is 19.1. The van der Waals surface area contributed by atoms with Gasteiger partial charge in [0.1, 0.15) is 0 Å². The van der Waals surface area contributed by atoms with Crippen LogP contribution in [0.2, 0.25) is 0 Å². The summed E-state index contributed by atoms with van der Waals surface area (Å²) in [7, 11) is 0. The molecule has 0 unspecified atom stereocenters. The second-order valence-electron chi connectivity index (χ2n) is 6.37. The van der Waals surface area contributed by atoms with E-state index in [-0.39, 0.29) is 18.6 Å². The number of carbonyl (C=O) groups is 2. The highest BCUT2D eigenvalue weighted by Gasteiger charge is 2.15. The Hall–Kier alpha value is -2.82. The molecule has 5 heteroatoms. The monoisotopic (exact) mass is 354 g/mol. The first-order valence-electron chi connectivity index (χ1n) is 8.81. The molecule has 0 bridgehead atoms. The lowest BCUT2D eigenvalue weighted by atomic mass is 10.1. The molecule has 0 aliphatic heterocycles. The number of rotatable bonds is 7. The van der Waals surface area contributed by atoms with Crippen LogP contribution >= 0.6 is 0 Å². The molecule has 0 aromatic heterocycles. The van der Waals surface area contributed by atoms with Gasteiger partial charge >= 0.3 is 5.97 Å². The van der Waals surface area contributed by atoms with E-state index in [1.54, 1.807) is 12.1 Å². The number of para-hydroxylation sites is 1. The maximum Gasteiger partial charge on any atom is 0.340 e. The lowest BCUT2D eigenvalue weighted by molar-refractivity contribution is -0.124. The highest BCUT2D eigenvalue weighted by Crippen LogP contribution is 2.25. The molecule has 0 radical (unpaired) electrons. The summed E-state index contributed by atoms with van der Waals surface area (Å²) in [5, 5.41) is 6.06. The van der Waals surface area contributed by atoms with Gasteiger partial charge in [0.05, 0.1) is 11.3 Å². The fourth-order valence-electron chi connectivity index (χ4n) is 2.43. The molecule has 2 rings (SSSR count). The molecule has 2 aromatic rings. The molecule has 0 spiro atoms. The second kappa shape index (κ2) is 9.04. The lowest BCUT2D eigenvalue weighted by Gasteiger charge is -2.15. The van der Waals surface area contributed by atoms with Gasteiger partial charge in [-0.1, -0.05) is 31.2 Å². The van der Waals surface area contributed by atoms with E-state index in [2.05, 4.69) is 10.6 Å². The topological polar surface area (TPSA) is 67.4 Å². The molecular weight excluding hydrogens is 328 g/mol. The number of benzene rings is 2. The number of ether oxygens (including phenoxy) is 1. The summed E-state index contributed by atoms with van der Waals surface area (Å²) in [5.41, 5.74) is 4.25. The molecule has 26 heavy (non-hydrogen) atoms. The van der Waals surface area contributed by atoms with Gasteiger partial charge in [0.25, 0.3) is 5.91 Å². The van der Waals surface area contributed by atoms with Crippen molar-refractivity contribution in [3.05, 3.63) is 59.2 Å². The molecule has 1 amide bonds. The van der Waals surface area contributed by atoms with E-state index in [1.165, 1.54) is 0 Å². The van der Waals surface area contributed by atoms with E-state index in [4.69, 9.17) is 4.74 Å². The van der Waals surface area contributed by atoms with E-state index < -0.39 is 5.97 Å². The minimum absolute atomic E-state index is 0.0550. The van der Waals surface area contributed by atoms with Crippen molar-refractivity contribution >= 4 is 23.3 Å². The van der Waals surface area contributed by atoms with Crippen LogP contribution in [-0.2, 0) is 9.53 Å². The Morgan fingerprint density at radius 3 is 2.46 bits per heavy atom. The number of carbonyl (C=O) groups excluding carboxylic acids is 2. The Kier molecular flexibility index (Phi) is 6.78. The Morgan fingerprint density at radius 2 is 1.73 bits per heavy atom. The SMILES string of the molecule is CC[C@H](C)NC(=O)COC(=O)c1ccccc1Nc1cccc(C)c1C. The van der Waals surface area contributed by atoms with Gasteiger partial charge in [-0.15, -0.1) is 0 Å². The van der Waals surface area contributed by atoms with E-state index in [0.717, 1.165) is 23.2 Å². The molecular formula is C21H26N2O3. The van der Waals surface area contributed by atoms with Gasteiger partial charge in [-0.05, 0) is 56.5 Å². The first kappa shape index (κ1) is 19.5. The maximum absolute atomic E-state index is 12.4. The molecule has 0 saturated carbocycles. The predicted octanol–water partition coefficient (Wildman–Crippen LogP) is 4.12. The number of nitrogens with one attached hydrogen (secondary N) is 2. The Balaban J connectivity index is 2.09. The Bertz CT molecular complexity index is 787. The summed E-state index contributed by atoms with van der Waals surface area (Å²) < 4.78 is 5.18. The fraction of sp³-hybridized carbons (Fsp3) is 0.333. The smallest absolute Gasteiger partial charge is 0.340 e. The first-order valence-corrected chi connectivity index (χ1v) is 8.81. The Labute approximate surface area is 154 Å². The van der Waals surface area contributed by atoms with Crippen LogP contribution in [0.3, 0.4) is 0 Å². The van der Waals surface area contributed by atoms with Crippen LogP contribution in [0, 0.1) is 13.8 Å². The summed E-state index contributed by atoms with van der Waals surface area (Å²) >= 11 is 0. The number of hydrogen-bond acceptors (Lipinski definition) is 4. The number of hydrogen-bond donors (Lipinski definition) is 2. The first-order chi connectivity index (χ1) is 12.4. The minimum Gasteiger partial charge on any atom is -0.452 e. The van der Waals surface area contributed by atoms with Crippen molar-refractivity contribution in [3.8, 4) is 0 Å². The molecule has 1 atom stereocenters. The highest BCUT2D eigenvalue weighted by atomic mass is 16.5. The summed E-state index contributed by atoms with van der Waals surface area (Å²) in [6.07, 6.45) is 0.822. The van der Waals surface area contributed by atoms with E-state index in [1.807, 2.05) is 58.0 Å². The standard InChI is InChI=1S/C21H26N2O3/c1-5-15(3)22-20(24)13-26-21(25)17-10-6-7-11-19(17)23-18-12-8-9-14(2)16(18)4/h6-12,15,23H,5,13H2,1-4H3,(H,22,24)/t15-/m0/s1. The zero-order valence-electron chi connectivity index (χ0n) is 15.8. The fourth-order valence-corrected chi connectivity index (χ4v) is 2.43. The van der Waals surface area contributed by atoms with Crippen molar-refractivity contribution in [2.45, 2.75) is 40.2 Å². The van der Waals surface area contributed by atoms with Gasteiger partial charge in [0, 0.05) is 11.7 Å². The molecule has 0 fully saturated rings. The van der Waals surface area contributed by atoms with E-state index in [0.29, 0.717) is 11.3 Å². The van der Waals surface area contributed by atoms with Crippen molar-refractivity contribution in [2.24, 2.45) is 0 Å².